The van der Waals surface area contributed by atoms with Gasteiger partial charge < -0.3 is 10.1 Å². The van der Waals surface area contributed by atoms with E-state index in [1.54, 1.807) is 0 Å². The molecule has 0 aromatic carbocycles. The third kappa shape index (κ3) is 3.60. The van der Waals surface area contributed by atoms with Gasteiger partial charge in [-0.05, 0) is 32.2 Å². The van der Waals surface area contributed by atoms with Crippen molar-refractivity contribution in [3.8, 4) is 0 Å². The molecule has 2 rings (SSSR count). The van der Waals surface area contributed by atoms with Crippen LogP contribution in [0.4, 0.5) is 0 Å². The molecule has 1 N–H and O–H groups in total. The lowest BCUT2D eigenvalue weighted by Crippen LogP contribution is -2.30. The fraction of sp³-hybridized carbons (Fsp3) is 0.812. The molecule has 0 radical (unpaired) electrons. The highest BCUT2D eigenvalue weighted by atomic mass is 32.1. The Morgan fingerprint density at radius 3 is 2.60 bits per heavy atom. The number of ether oxygens (including phenoxy) is 1. The van der Waals surface area contributed by atoms with Crippen LogP contribution in [0.1, 0.15) is 61.5 Å². The second-order valence-electron chi connectivity index (χ2n) is 6.31. The molecule has 1 fully saturated rings. The Morgan fingerprint density at radius 2 is 2.00 bits per heavy atom. The molecule has 0 atom stereocenters. The van der Waals surface area contributed by atoms with Gasteiger partial charge in [-0.25, -0.2) is 4.98 Å². The maximum atomic E-state index is 5.90. The van der Waals surface area contributed by atoms with Crippen molar-refractivity contribution in [1.82, 2.24) is 10.3 Å². The summed E-state index contributed by atoms with van der Waals surface area (Å²) in [5, 5.41) is 4.71. The molecular formula is C16H28N2OS. The molecule has 1 aliphatic carbocycles. The Labute approximate surface area is 127 Å². The number of thiazole rings is 1. The Kier molecular flexibility index (Phi) is 5.58. The zero-order valence-corrected chi connectivity index (χ0v) is 14.1. The van der Waals surface area contributed by atoms with E-state index in [-0.39, 0.29) is 5.60 Å². The molecule has 114 valence electrons. The molecule has 0 amide bonds. The Balaban J connectivity index is 2.08. The molecule has 1 aliphatic rings. The Hall–Kier alpha value is -0.450. The predicted molar refractivity (Wildman–Crippen MR) is 85.2 cm³/mol. The van der Waals surface area contributed by atoms with E-state index in [1.165, 1.54) is 34.8 Å². The number of hydrogen-bond acceptors (Lipinski definition) is 4. The number of hydrogen-bond donors (Lipinski definition) is 1. The van der Waals surface area contributed by atoms with Crippen molar-refractivity contribution >= 4 is 11.3 Å². The van der Waals surface area contributed by atoms with Crippen molar-refractivity contribution in [2.24, 2.45) is 5.92 Å². The van der Waals surface area contributed by atoms with Gasteiger partial charge >= 0.3 is 0 Å². The quantitative estimate of drug-likeness (QED) is 0.861. The highest BCUT2D eigenvalue weighted by molar-refractivity contribution is 7.11. The molecule has 20 heavy (non-hydrogen) atoms. The zero-order chi connectivity index (χ0) is 14.6. The third-order valence-electron chi connectivity index (χ3n) is 4.17. The first kappa shape index (κ1) is 15.9. The molecule has 1 aromatic heterocycles. The van der Waals surface area contributed by atoms with E-state index in [0.717, 1.165) is 25.9 Å². The minimum absolute atomic E-state index is 0.107. The SMILES string of the molecule is COC1(c2nc(C)c(CNCC(C)C)s2)CCCCC1. The van der Waals surface area contributed by atoms with Gasteiger partial charge in [0.15, 0.2) is 0 Å². The number of aromatic nitrogens is 1. The molecule has 0 unspecified atom stereocenters. The van der Waals surface area contributed by atoms with Crippen molar-refractivity contribution in [1.29, 1.82) is 0 Å². The lowest BCUT2D eigenvalue weighted by atomic mass is 9.85. The highest BCUT2D eigenvalue weighted by Crippen LogP contribution is 2.42. The summed E-state index contributed by atoms with van der Waals surface area (Å²) in [5.41, 5.74) is 1.06. The van der Waals surface area contributed by atoms with E-state index in [9.17, 15) is 0 Å². The highest BCUT2D eigenvalue weighted by Gasteiger charge is 2.37. The monoisotopic (exact) mass is 296 g/mol. The molecule has 1 saturated carbocycles. The van der Waals surface area contributed by atoms with Gasteiger partial charge in [0.25, 0.3) is 0 Å². The molecule has 0 bridgehead atoms. The van der Waals surface area contributed by atoms with Crippen LogP contribution in [0.15, 0.2) is 0 Å². The maximum Gasteiger partial charge on any atom is 0.125 e. The molecule has 1 heterocycles. The molecule has 4 heteroatoms. The van der Waals surface area contributed by atoms with Crippen LogP contribution in [-0.4, -0.2) is 18.6 Å². The van der Waals surface area contributed by atoms with Gasteiger partial charge in [-0.3, -0.25) is 0 Å². The number of nitrogens with one attached hydrogen (secondary N) is 1. The minimum Gasteiger partial charge on any atom is -0.371 e. The average molecular weight is 296 g/mol. The van der Waals surface area contributed by atoms with Crippen LogP contribution < -0.4 is 5.32 Å². The van der Waals surface area contributed by atoms with E-state index in [4.69, 9.17) is 9.72 Å². The molecule has 3 nitrogen and oxygen atoms in total. The number of nitrogens with zero attached hydrogens (tertiary/aromatic N) is 1. The third-order valence-corrected chi connectivity index (χ3v) is 5.52. The van der Waals surface area contributed by atoms with Crippen molar-refractivity contribution in [3.05, 3.63) is 15.6 Å². The van der Waals surface area contributed by atoms with Crippen molar-refractivity contribution in [2.45, 2.75) is 65.0 Å². The first-order valence-corrected chi connectivity index (χ1v) is 8.62. The van der Waals surface area contributed by atoms with Crippen LogP contribution in [0.2, 0.25) is 0 Å². The summed E-state index contributed by atoms with van der Waals surface area (Å²) in [6.07, 6.45) is 6.09. The van der Waals surface area contributed by atoms with Gasteiger partial charge in [0.05, 0.1) is 5.69 Å². The smallest absolute Gasteiger partial charge is 0.125 e. The number of aryl methyl sites for hydroxylation is 1. The lowest BCUT2D eigenvalue weighted by molar-refractivity contribution is -0.0446. The normalized spacial score (nSPS) is 18.6. The lowest BCUT2D eigenvalue weighted by Gasteiger charge is -2.34. The van der Waals surface area contributed by atoms with Crippen LogP contribution in [-0.2, 0) is 16.9 Å². The van der Waals surface area contributed by atoms with Crippen molar-refractivity contribution in [2.75, 3.05) is 13.7 Å². The van der Waals surface area contributed by atoms with Gasteiger partial charge in [-0.2, -0.15) is 0 Å². The zero-order valence-electron chi connectivity index (χ0n) is 13.3. The maximum absolute atomic E-state index is 5.90. The van der Waals surface area contributed by atoms with Crippen LogP contribution in [0.5, 0.6) is 0 Å². The molecule has 0 saturated heterocycles. The topological polar surface area (TPSA) is 34.1 Å². The van der Waals surface area contributed by atoms with Crippen LogP contribution in [0.25, 0.3) is 0 Å². The second kappa shape index (κ2) is 7.01. The fourth-order valence-electron chi connectivity index (χ4n) is 2.89. The second-order valence-corrected chi connectivity index (χ2v) is 7.40. The molecular weight excluding hydrogens is 268 g/mol. The predicted octanol–water partition coefficient (Wildman–Crippen LogP) is 4.00. The summed E-state index contributed by atoms with van der Waals surface area (Å²) >= 11 is 1.84. The summed E-state index contributed by atoms with van der Waals surface area (Å²) in [6, 6.07) is 0. The van der Waals surface area contributed by atoms with E-state index < -0.39 is 0 Å². The van der Waals surface area contributed by atoms with E-state index >= 15 is 0 Å². The van der Waals surface area contributed by atoms with Crippen LogP contribution in [0.3, 0.4) is 0 Å². The summed E-state index contributed by atoms with van der Waals surface area (Å²) < 4.78 is 5.90. The number of methoxy groups -OCH3 is 1. The first-order chi connectivity index (χ1) is 9.57. The Morgan fingerprint density at radius 1 is 1.30 bits per heavy atom. The molecule has 1 aromatic rings. The van der Waals surface area contributed by atoms with Gasteiger partial charge in [0.2, 0.25) is 0 Å². The standard InChI is InChI=1S/C16H28N2OS/c1-12(2)10-17-11-14-13(3)18-15(20-14)16(19-4)8-6-5-7-9-16/h12,17H,5-11H2,1-4H3. The molecule has 0 spiro atoms. The van der Waals surface area contributed by atoms with Crippen molar-refractivity contribution in [3.63, 3.8) is 0 Å². The van der Waals surface area contributed by atoms with Gasteiger partial charge in [-0.15, -0.1) is 11.3 Å². The summed E-state index contributed by atoms with van der Waals surface area (Å²) in [5.74, 6) is 0.686. The summed E-state index contributed by atoms with van der Waals surface area (Å²) in [4.78, 5) is 6.19. The average Bonchev–Trinajstić information content (AvgIpc) is 2.81. The Bertz CT molecular complexity index is 422. The van der Waals surface area contributed by atoms with Crippen LogP contribution >= 0.6 is 11.3 Å². The minimum atomic E-state index is -0.107. The molecule has 0 aliphatic heterocycles. The number of rotatable bonds is 6. The van der Waals surface area contributed by atoms with Crippen molar-refractivity contribution < 1.29 is 4.74 Å². The largest absolute Gasteiger partial charge is 0.371 e. The first-order valence-electron chi connectivity index (χ1n) is 7.80. The van der Waals surface area contributed by atoms with Gasteiger partial charge in [-0.1, -0.05) is 33.1 Å². The van der Waals surface area contributed by atoms with Gasteiger partial charge in [0.1, 0.15) is 10.6 Å². The summed E-state index contributed by atoms with van der Waals surface area (Å²) in [6.45, 7) is 8.59. The van der Waals surface area contributed by atoms with E-state index in [0.29, 0.717) is 5.92 Å². The van der Waals surface area contributed by atoms with Gasteiger partial charge in [0, 0.05) is 18.5 Å². The van der Waals surface area contributed by atoms with E-state index in [2.05, 4.69) is 26.1 Å². The van der Waals surface area contributed by atoms with Crippen LogP contribution in [0, 0.1) is 12.8 Å². The fourth-order valence-corrected chi connectivity index (χ4v) is 4.15. The van der Waals surface area contributed by atoms with E-state index in [1.807, 2.05) is 18.4 Å². The summed E-state index contributed by atoms with van der Waals surface area (Å²) in [7, 11) is 1.85.